The molecule has 3 aromatic rings. The molecule has 31 heavy (non-hydrogen) atoms. The maximum absolute atomic E-state index is 13.3. The van der Waals surface area contributed by atoms with E-state index in [0.717, 1.165) is 11.1 Å². The number of amides is 2. The molecule has 0 saturated carbocycles. The van der Waals surface area contributed by atoms with E-state index in [1.54, 1.807) is 29.2 Å². The minimum absolute atomic E-state index is 0.0232. The summed E-state index contributed by atoms with van der Waals surface area (Å²) in [7, 11) is 0. The zero-order valence-electron chi connectivity index (χ0n) is 17.8. The number of carbonyl (C=O) groups excluding carboxylic acids is 2. The lowest BCUT2D eigenvalue weighted by Gasteiger charge is -2.23. The molecule has 0 aliphatic carbocycles. The Hall–Kier alpha value is -3.47. The number of halogens is 1. The monoisotopic (exact) mass is 418 g/mol. The fourth-order valence-electron chi connectivity index (χ4n) is 3.15. The molecule has 0 aliphatic rings. The molecule has 4 nitrogen and oxygen atoms in total. The molecule has 0 radical (unpaired) electrons. The van der Waals surface area contributed by atoms with Crippen LogP contribution >= 0.6 is 0 Å². The Morgan fingerprint density at radius 2 is 1.48 bits per heavy atom. The highest BCUT2D eigenvalue weighted by atomic mass is 19.1. The average Bonchev–Trinajstić information content (AvgIpc) is 2.78. The van der Waals surface area contributed by atoms with Crippen molar-refractivity contribution in [1.29, 1.82) is 0 Å². The fourth-order valence-corrected chi connectivity index (χ4v) is 3.15. The number of hydrogen-bond donors (Lipinski definition) is 1. The lowest BCUT2D eigenvalue weighted by Crippen LogP contribution is -2.30. The van der Waals surface area contributed by atoms with E-state index in [2.05, 4.69) is 19.2 Å². The van der Waals surface area contributed by atoms with E-state index in [4.69, 9.17) is 0 Å². The van der Waals surface area contributed by atoms with Crippen LogP contribution in [0.2, 0.25) is 0 Å². The van der Waals surface area contributed by atoms with Gasteiger partial charge in [0.05, 0.1) is 13.0 Å². The fraction of sp³-hybridized carbons (Fsp3) is 0.231. The van der Waals surface area contributed by atoms with Crippen LogP contribution < -0.4 is 10.2 Å². The van der Waals surface area contributed by atoms with E-state index in [1.165, 1.54) is 12.1 Å². The molecule has 3 rings (SSSR count). The van der Waals surface area contributed by atoms with Crippen LogP contribution in [-0.4, -0.2) is 18.4 Å². The van der Waals surface area contributed by atoms with Crippen molar-refractivity contribution in [2.75, 3.05) is 11.4 Å². The van der Waals surface area contributed by atoms with Gasteiger partial charge in [-0.2, -0.15) is 0 Å². The van der Waals surface area contributed by atoms with Crippen molar-refractivity contribution in [3.63, 3.8) is 0 Å². The molecule has 0 heterocycles. The largest absolute Gasteiger partial charge is 0.356 e. The second-order valence-corrected chi connectivity index (χ2v) is 7.92. The number of rotatable bonds is 8. The number of hydrogen-bond acceptors (Lipinski definition) is 2. The van der Waals surface area contributed by atoms with Crippen LogP contribution in [-0.2, 0) is 17.8 Å². The third kappa shape index (κ3) is 6.51. The first kappa shape index (κ1) is 22.2. The van der Waals surface area contributed by atoms with Gasteiger partial charge in [-0.3, -0.25) is 9.59 Å². The molecule has 3 aromatic carbocycles. The number of nitrogens with one attached hydrogen (secondary N) is 1. The van der Waals surface area contributed by atoms with Crippen molar-refractivity contribution in [2.45, 2.75) is 26.8 Å². The third-order valence-corrected chi connectivity index (χ3v) is 4.84. The van der Waals surface area contributed by atoms with Gasteiger partial charge < -0.3 is 10.2 Å². The maximum Gasteiger partial charge on any atom is 0.258 e. The zero-order chi connectivity index (χ0) is 22.2. The highest BCUT2D eigenvalue weighted by Crippen LogP contribution is 2.21. The second kappa shape index (κ2) is 10.5. The molecule has 1 N–H and O–H groups in total. The van der Waals surface area contributed by atoms with Crippen LogP contribution in [0, 0.1) is 11.7 Å². The predicted octanol–water partition coefficient (Wildman–Crippen LogP) is 4.99. The van der Waals surface area contributed by atoms with E-state index in [-0.39, 0.29) is 24.1 Å². The smallest absolute Gasteiger partial charge is 0.258 e. The molecule has 0 aromatic heterocycles. The van der Waals surface area contributed by atoms with Crippen LogP contribution in [0.4, 0.5) is 10.1 Å². The number of anilines is 1. The van der Waals surface area contributed by atoms with Gasteiger partial charge in [-0.05, 0) is 53.4 Å². The zero-order valence-corrected chi connectivity index (χ0v) is 17.8. The van der Waals surface area contributed by atoms with Crippen LogP contribution in [0.3, 0.4) is 0 Å². The SMILES string of the molecule is CC(C)CNC(=O)Cc1ccc(N(Cc2ccc(F)cc2)C(=O)c2ccccc2)cc1. The summed E-state index contributed by atoms with van der Waals surface area (Å²) in [6, 6.07) is 22.6. The number of benzene rings is 3. The summed E-state index contributed by atoms with van der Waals surface area (Å²) in [6.45, 7) is 5.05. The molecular formula is C26H27FN2O2. The maximum atomic E-state index is 13.3. The lowest BCUT2D eigenvalue weighted by molar-refractivity contribution is -0.120. The minimum atomic E-state index is -0.315. The Morgan fingerprint density at radius 3 is 2.10 bits per heavy atom. The molecule has 0 saturated heterocycles. The topological polar surface area (TPSA) is 49.4 Å². The second-order valence-electron chi connectivity index (χ2n) is 7.92. The van der Waals surface area contributed by atoms with Crippen LogP contribution in [0.15, 0.2) is 78.9 Å². The van der Waals surface area contributed by atoms with Crippen LogP contribution in [0.5, 0.6) is 0 Å². The molecule has 160 valence electrons. The van der Waals surface area contributed by atoms with Crippen molar-refractivity contribution in [1.82, 2.24) is 5.32 Å². The summed E-state index contributed by atoms with van der Waals surface area (Å²) in [5.74, 6) is -0.0857. The van der Waals surface area contributed by atoms with Gasteiger partial charge in [0, 0.05) is 17.8 Å². The summed E-state index contributed by atoms with van der Waals surface area (Å²) in [6.07, 6.45) is 0.289. The Morgan fingerprint density at radius 1 is 0.871 bits per heavy atom. The summed E-state index contributed by atoms with van der Waals surface area (Å²) in [4.78, 5) is 27.0. The minimum Gasteiger partial charge on any atom is -0.356 e. The molecule has 0 fully saturated rings. The summed E-state index contributed by atoms with van der Waals surface area (Å²) in [5.41, 5.74) is 2.98. The highest BCUT2D eigenvalue weighted by Gasteiger charge is 2.18. The van der Waals surface area contributed by atoms with Crippen molar-refractivity contribution >= 4 is 17.5 Å². The Bertz CT molecular complexity index is 1000. The highest BCUT2D eigenvalue weighted by molar-refractivity contribution is 6.06. The standard InChI is InChI=1S/C26H27FN2O2/c1-19(2)17-28-25(30)16-20-10-14-24(15-11-20)29(18-21-8-12-23(27)13-9-21)26(31)22-6-4-3-5-7-22/h3-15,19H,16-18H2,1-2H3,(H,28,30). The van der Waals surface area contributed by atoms with Gasteiger partial charge in [-0.25, -0.2) is 4.39 Å². The summed E-state index contributed by atoms with van der Waals surface area (Å²) >= 11 is 0. The van der Waals surface area contributed by atoms with E-state index >= 15 is 0 Å². The first-order chi connectivity index (χ1) is 14.9. The summed E-state index contributed by atoms with van der Waals surface area (Å²) < 4.78 is 13.3. The van der Waals surface area contributed by atoms with Crippen molar-refractivity contribution in [3.05, 3.63) is 101 Å². The molecular weight excluding hydrogens is 391 g/mol. The van der Waals surface area contributed by atoms with Gasteiger partial charge in [0.25, 0.3) is 5.91 Å². The summed E-state index contributed by atoms with van der Waals surface area (Å²) in [5, 5.41) is 2.91. The van der Waals surface area contributed by atoms with E-state index in [1.807, 2.05) is 42.5 Å². The Balaban J connectivity index is 1.80. The van der Waals surface area contributed by atoms with E-state index < -0.39 is 0 Å². The first-order valence-electron chi connectivity index (χ1n) is 10.4. The van der Waals surface area contributed by atoms with Crippen molar-refractivity contribution in [3.8, 4) is 0 Å². The quantitative estimate of drug-likeness (QED) is 0.560. The molecule has 0 bridgehead atoms. The molecule has 0 unspecified atom stereocenters. The molecule has 0 aliphatic heterocycles. The van der Waals surface area contributed by atoms with Gasteiger partial charge in [0.15, 0.2) is 0 Å². The van der Waals surface area contributed by atoms with Crippen molar-refractivity contribution in [2.24, 2.45) is 5.92 Å². The molecule has 2 amide bonds. The Kier molecular flexibility index (Phi) is 7.55. The average molecular weight is 419 g/mol. The van der Waals surface area contributed by atoms with E-state index in [9.17, 15) is 14.0 Å². The van der Waals surface area contributed by atoms with Crippen LogP contribution in [0.25, 0.3) is 0 Å². The normalized spacial score (nSPS) is 10.7. The number of nitrogens with zero attached hydrogens (tertiary/aromatic N) is 1. The van der Waals surface area contributed by atoms with Crippen LogP contribution in [0.1, 0.15) is 35.3 Å². The van der Waals surface area contributed by atoms with E-state index in [0.29, 0.717) is 30.3 Å². The lowest BCUT2D eigenvalue weighted by atomic mass is 10.1. The Labute approximate surface area is 182 Å². The van der Waals surface area contributed by atoms with Gasteiger partial charge in [-0.1, -0.05) is 56.3 Å². The van der Waals surface area contributed by atoms with Gasteiger partial charge in [-0.15, -0.1) is 0 Å². The number of carbonyl (C=O) groups is 2. The van der Waals surface area contributed by atoms with Crippen molar-refractivity contribution < 1.29 is 14.0 Å². The molecule has 0 spiro atoms. The third-order valence-electron chi connectivity index (χ3n) is 4.84. The predicted molar refractivity (Wildman–Crippen MR) is 121 cm³/mol. The van der Waals surface area contributed by atoms with Gasteiger partial charge >= 0.3 is 0 Å². The first-order valence-corrected chi connectivity index (χ1v) is 10.4. The van der Waals surface area contributed by atoms with Gasteiger partial charge in [0.2, 0.25) is 5.91 Å². The molecule has 0 atom stereocenters. The molecule has 5 heteroatoms. The van der Waals surface area contributed by atoms with Gasteiger partial charge in [0.1, 0.15) is 5.82 Å².